The third-order valence-corrected chi connectivity index (χ3v) is 13.6. The van der Waals surface area contributed by atoms with Crippen molar-refractivity contribution < 1.29 is 28.6 Å². The predicted octanol–water partition coefficient (Wildman–Crippen LogP) is 21.5. The number of hydrogen-bond donors (Lipinski definition) is 0. The van der Waals surface area contributed by atoms with Crippen LogP contribution in [0.1, 0.15) is 310 Å². The summed E-state index contributed by atoms with van der Waals surface area (Å²) in [7, 11) is 0. The molecule has 0 spiro atoms. The molecule has 0 aromatic heterocycles. The van der Waals surface area contributed by atoms with Crippen molar-refractivity contribution in [3.8, 4) is 0 Å². The average molecular weight is 1030 g/mol. The minimum atomic E-state index is -0.784. The van der Waals surface area contributed by atoms with Crippen LogP contribution in [0.4, 0.5) is 0 Å². The maximum atomic E-state index is 12.8. The first-order chi connectivity index (χ1) is 36.5. The SMILES string of the molecule is CC/C=C\C/C=C\C/C=C\C/C=C\C/C=C\CCCCCCCC(=O)OC(COC(=O)CCCCCCCC)COC(=O)CCCCCCCCCCCCCCCCCCC/C=C\C/C=C\CCCCCCC. The van der Waals surface area contributed by atoms with E-state index in [2.05, 4.69) is 106 Å². The first-order valence-electron chi connectivity index (χ1n) is 31.6. The van der Waals surface area contributed by atoms with E-state index >= 15 is 0 Å². The lowest BCUT2D eigenvalue weighted by Crippen LogP contribution is -2.30. The fourth-order valence-electron chi connectivity index (χ4n) is 8.91. The van der Waals surface area contributed by atoms with Crippen molar-refractivity contribution in [2.45, 2.75) is 316 Å². The summed E-state index contributed by atoms with van der Waals surface area (Å²) in [5.41, 5.74) is 0. The predicted molar refractivity (Wildman–Crippen MR) is 321 cm³/mol. The normalized spacial score (nSPS) is 12.6. The molecule has 0 amide bonds. The summed E-state index contributed by atoms with van der Waals surface area (Å²) < 4.78 is 16.8. The molecule has 0 aliphatic heterocycles. The Labute approximate surface area is 458 Å². The van der Waals surface area contributed by atoms with Crippen molar-refractivity contribution in [2.24, 2.45) is 0 Å². The van der Waals surface area contributed by atoms with Crippen LogP contribution in [0.3, 0.4) is 0 Å². The number of carbonyl (C=O) groups excluding carboxylic acids is 3. The number of allylic oxidation sites excluding steroid dienone is 14. The highest BCUT2D eigenvalue weighted by Crippen LogP contribution is 2.16. The lowest BCUT2D eigenvalue weighted by Gasteiger charge is -2.18. The Hall–Kier alpha value is -3.41. The third-order valence-electron chi connectivity index (χ3n) is 13.6. The van der Waals surface area contributed by atoms with Crippen molar-refractivity contribution in [1.82, 2.24) is 0 Å². The molecule has 6 nitrogen and oxygen atoms in total. The summed E-state index contributed by atoms with van der Waals surface area (Å²) in [6.07, 6.45) is 82.0. The molecule has 0 aliphatic carbocycles. The molecule has 426 valence electrons. The fourth-order valence-corrected chi connectivity index (χ4v) is 8.91. The Balaban J connectivity index is 4.08. The molecule has 1 atom stereocenters. The molecule has 74 heavy (non-hydrogen) atoms. The Bertz CT molecular complexity index is 1420. The molecule has 0 bridgehead atoms. The van der Waals surface area contributed by atoms with E-state index in [4.69, 9.17) is 14.2 Å². The number of ether oxygens (including phenoxy) is 3. The van der Waals surface area contributed by atoms with E-state index in [0.717, 1.165) is 116 Å². The largest absolute Gasteiger partial charge is 0.462 e. The van der Waals surface area contributed by atoms with Crippen LogP contribution in [0, 0.1) is 0 Å². The fraction of sp³-hybridized carbons (Fsp3) is 0.750. The third kappa shape index (κ3) is 59.5. The summed E-state index contributed by atoms with van der Waals surface area (Å²) in [5, 5.41) is 0. The average Bonchev–Trinajstić information content (AvgIpc) is 3.40. The quantitative estimate of drug-likeness (QED) is 0.0261. The van der Waals surface area contributed by atoms with Crippen LogP contribution in [0.2, 0.25) is 0 Å². The monoisotopic (exact) mass is 1030 g/mol. The summed E-state index contributed by atoms with van der Waals surface area (Å²) in [6.45, 7) is 6.46. The highest BCUT2D eigenvalue weighted by molar-refractivity contribution is 5.71. The van der Waals surface area contributed by atoms with Gasteiger partial charge >= 0.3 is 17.9 Å². The second-order valence-corrected chi connectivity index (χ2v) is 20.9. The Morgan fingerprint density at radius 3 is 0.824 bits per heavy atom. The molecule has 0 saturated heterocycles. The van der Waals surface area contributed by atoms with Gasteiger partial charge in [-0.15, -0.1) is 0 Å². The minimum absolute atomic E-state index is 0.0824. The lowest BCUT2D eigenvalue weighted by molar-refractivity contribution is -0.167. The molecule has 1 unspecified atom stereocenters. The van der Waals surface area contributed by atoms with Gasteiger partial charge in [0.1, 0.15) is 13.2 Å². The molecule has 0 saturated carbocycles. The van der Waals surface area contributed by atoms with E-state index in [1.165, 1.54) is 154 Å². The maximum absolute atomic E-state index is 12.8. The first kappa shape index (κ1) is 70.6. The van der Waals surface area contributed by atoms with Crippen LogP contribution < -0.4 is 0 Å². The molecule has 0 heterocycles. The van der Waals surface area contributed by atoms with E-state index in [-0.39, 0.29) is 31.1 Å². The topological polar surface area (TPSA) is 78.9 Å². The van der Waals surface area contributed by atoms with Gasteiger partial charge in [0.15, 0.2) is 6.10 Å². The van der Waals surface area contributed by atoms with Gasteiger partial charge < -0.3 is 14.2 Å². The van der Waals surface area contributed by atoms with E-state index in [1.54, 1.807) is 0 Å². The van der Waals surface area contributed by atoms with Gasteiger partial charge in [-0.3, -0.25) is 14.4 Å². The van der Waals surface area contributed by atoms with Crippen molar-refractivity contribution in [1.29, 1.82) is 0 Å². The Morgan fingerprint density at radius 1 is 0.284 bits per heavy atom. The minimum Gasteiger partial charge on any atom is -0.462 e. The number of unbranched alkanes of at least 4 members (excludes halogenated alkanes) is 32. The highest BCUT2D eigenvalue weighted by atomic mass is 16.6. The van der Waals surface area contributed by atoms with Gasteiger partial charge in [0.05, 0.1) is 0 Å². The van der Waals surface area contributed by atoms with Gasteiger partial charge in [-0.1, -0.05) is 279 Å². The van der Waals surface area contributed by atoms with Crippen LogP contribution >= 0.6 is 0 Å². The van der Waals surface area contributed by atoms with Gasteiger partial charge in [-0.05, 0) is 96.3 Å². The van der Waals surface area contributed by atoms with E-state index in [9.17, 15) is 14.4 Å². The smallest absolute Gasteiger partial charge is 0.306 e. The second-order valence-electron chi connectivity index (χ2n) is 20.9. The Morgan fingerprint density at radius 2 is 0.527 bits per heavy atom. The molecule has 0 aromatic rings. The first-order valence-corrected chi connectivity index (χ1v) is 31.6. The van der Waals surface area contributed by atoms with Gasteiger partial charge in [0.2, 0.25) is 0 Å². The zero-order chi connectivity index (χ0) is 53.6. The molecule has 6 heteroatoms. The number of rotatable bonds is 57. The van der Waals surface area contributed by atoms with Crippen LogP contribution in [0.5, 0.6) is 0 Å². The zero-order valence-electron chi connectivity index (χ0n) is 48.8. The standard InChI is InChI=1S/C68H118O6/c1-4-7-10-13-16-18-20-22-24-26-28-30-31-32-33-34-35-36-37-39-40-42-44-46-48-50-52-55-58-61-67(70)73-64-65(63-72-66(69)60-57-54-15-12-9-6-3)74-68(71)62-59-56-53-51-49-47-45-43-41-38-29-27-25-23-21-19-17-14-11-8-5-2/h8,11,17,19-20,22-23,25-26,28-29,38,43,45,65H,4-7,9-10,12-16,18,21,24,27,30-37,39-42,44,46-64H2,1-3H3/b11-8-,19-17-,22-20-,25-23-,28-26-,38-29-,45-43-. The zero-order valence-corrected chi connectivity index (χ0v) is 48.8. The number of esters is 3. The van der Waals surface area contributed by atoms with Gasteiger partial charge in [-0.2, -0.15) is 0 Å². The highest BCUT2D eigenvalue weighted by Gasteiger charge is 2.19. The van der Waals surface area contributed by atoms with Crippen molar-refractivity contribution in [2.75, 3.05) is 13.2 Å². The number of hydrogen-bond acceptors (Lipinski definition) is 6. The van der Waals surface area contributed by atoms with Crippen molar-refractivity contribution in [3.05, 3.63) is 85.1 Å². The van der Waals surface area contributed by atoms with Crippen molar-refractivity contribution >= 4 is 17.9 Å². The van der Waals surface area contributed by atoms with E-state index in [1.807, 2.05) is 0 Å². The van der Waals surface area contributed by atoms with Gasteiger partial charge in [0, 0.05) is 19.3 Å². The van der Waals surface area contributed by atoms with Crippen molar-refractivity contribution in [3.63, 3.8) is 0 Å². The molecular formula is C68H118O6. The van der Waals surface area contributed by atoms with Crippen LogP contribution in [0.25, 0.3) is 0 Å². The molecule has 0 N–H and O–H groups in total. The summed E-state index contributed by atoms with van der Waals surface area (Å²) in [6, 6.07) is 0. The molecular weight excluding hydrogens is 913 g/mol. The van der Waals surface area contributed by atoms with Crippen LogP contribution in [0.15, 0.2) is 85.1 Å². The maximum Gasteiger partial charge on any atom is 0.306 e. The summed E-state index contributed by atoms with van der Waals surface area (Å²) in [5.74, 6) is -0.902. The van der Waals surface area contributed by atoms with E-state index in [0.29, 0.717) is 19.3 Å². The molecule has 0 radical (unpaired) electrons. The van der Waals surface area contributed by atoms with Gasteiger partial charge in [0.25, 0.3) is 0 Å². The molecule has 0 aromatic carbocycles. The summed E-state index contributed by atoms with van der Waals surface area (Å²) in [4.78, 5) is 38.0. The molecule has 0 rings (SSSR count). The summed E-state index contributed by atoms with van der Waals surface area (Å²) >= 11 is 0. The van der Waals surface area contributed by atoms with Crippen LogP contribution in [-0.2, 0) is 28.6 Å². The molecule has 0 aliphatic rings. The second kappa shape index (κ2) is 62.1. The van der Waals surface area contributed by atoms with Crippen LogP contribution in [-0.4, -0.2) is 37.2 Å². The molecule has 0 fully saturated rings. The Kier molecular flexibility index (Phi) is 59.3. The number of carbonyl (C=O) groups is 3. The lowest BCUT2D eigenvalue weighted by atomic mass is 10.0. The van der Waals surface area contributed by atoms with Gasteiger partial charge in [-0.25, -0.2) is 0 Å². The van der Waals surface area contributed by atoms with E-state index < -0.39 is 6.10 Å².